The summed E-state index contributed by atoms with van der Waals surface area (Å²) >= 11 is 0. The summed E-state index contributed by atoms with van der Waals surface area (Å²) in [5.74, 6) is 0. The highest BCUT2D eigenvalue weighted by Crippen LogP contribution is 2.32. The summed E-state index contributed by atoms with van der Waals surface area (Å²) in [6.07, 6.45) is 3.33. The van der Waals surface area contributed by atoms with E-state index in [4.69, 9.17) is 9.26 Å². The Morgan fingerprint density at radius 1 is 1.33 bits per heavy atom. The summed E-state index contributed by atoms with van der Waals surface area (Å²) in [6, 6.07) is 5.29. The van der Waals surface area contributed by atoms with Gasteiger partial charge in [0.05, 0.1) is 24.2 Å². The first kappa shape index (κ1) is 30.1. The van der Waals surface area contributed by atoms with E-state index < -0.39 is 39.9 Å². The molecule has 0 aromatic heterocycles. The molecule has 1 aliphatic heterocycles. The summed E-state index contributed by atoms with van der Waals surface area (Å²) in [5.41, 5.74) is 0.981. The van der Waals surface area contributed by atoms with E-state index in [2.05, 4.69) is 52.3 Å². The molecule has 2 atom stereocenters. The van der Waals surface area contributed by atoms with Crippen molar-refractivity contribution in [3.63, 3.8) is 0 Å². The van der Waals surface area contributed by atoms with Crippen molar-refractivity contribution >= 4 is 24.0 Å². The fourth-order valence-electron chi connectivity index (χ4n) is 4.50. The molecule has 36 heavy (non-hydrogen) atoms. The number of hydrogen-bond donors (Lipinski definition) is 1. The largest absolute Gasteiger partial charge is 0.415 e. The molecule has 0 bridgehead atoms. The molecule has 0 radical (unpaired) electrons. The van der Waals surface area contributed by atoms with E-state index >= 15 is 0 Å². The third-order valence-corrected chi connectivity index (χ3v) is 10.2. The maximum absolute atomic E-state index is 13.7. The van der Waals surface area contributed by atoms with Crippen molar-refractivity contribution < 1.29 is 22.6 Å². The summed E-state index contributed by atoms with van der Waals surface area (Å²) in [7, 11) is -6.33. The molecule has 11 heteroatoms. The molecule has 1 aliphatic rings. The van der Waals surface area contributed by atoms with Crippen molar-refractivity contribution in [3.05, 3.63) is 70.8 Å². The van der Waals surface area contributed by atoms with Gasteiger partial charge in [-0.1, -0.05) is 61.7 Å². The maximum Gasteiger partial charge on any atom is 0.289 e. The quantitative estimate of drug-likeness (QED) is 0.176. The van der Waals surface area contributed by atoms with Gasteiger partial charge in [0, 0.05) is 18.7 Å². The highest BCUT2D eigenvalue weighted by molar-refractivity contribution is 7.89. The second-order valence-corrected chi connectivity index (χ2v) is 16.7. The molecule has 200 valence electrons. The third kappa shape index (κ3) is 7.92. The zero-order valence-corrected chi connectivity index (χ0v) is 23.9. The van der Waals surface area contributed by atoms with Gasteiger partial charge in [-0.2, -0.15) is 0 Å². The fraction of sp³-hybridized carbons (Fsp3) is 0.520. The minimum atomic E-state index is -4.41. The molecule has 0 spiro atoms. The van der Waals surface area contributed by atoms with Gasteiger partial charge in [0.15, 0.2) is 13.2 Å². The van der Waals surface area contributed by atoms with Crippen LogP contribution in [0.1, 0.15) is 27.7 Å². The van der Waals surface area contributed by atoms with Crippen LogP contribution in [0.25, 0.3) is 0 Å². The van der Waals surface area contributed by atoms with Crippen molar-refractivity contribution in [1.29, 1.82) is 0 Å². The van der Waals surface area contributed by atoms with Crippen LogP contribution in [0.15, 0.2) is 65.6 Å². The van der Waals surface area contributed by atoms with Gasteiger partial charge in [0.1, 0.15) is 0 Å². The molecule has 1 N–H and O–H groups in total. The van der Waals surface area contributed by atoms with Crippen molar-refractivity contribution in [3.8, 4) is 0 Å². The minimum absolute atomic E-state index is 0.0982. The van der Waals surface area contributed by atoms with Crippen molar-refractivity contribution in [2.45, 2.75) is 63.8 Å². The molecule has 1 heterocycles. The van der Waals surface area contributed by atoms with Gasteiger partial charge in [-0.05, 0) is 43.1 Å². The molecule has 2 rings (SSSR count). The Morgan fingerprint density at radius 3 is 2.53 bits per heavy atom. The molecule has 0 unspecified atom stereocenters. The van der Waals surface area contributed by atoms with Crippen LogP contribution in [-0.2, 0) is 19.3 Å². The van der Waals surface area contributed by atoms with Crippen LogP contribution in [0, 0.1) is 15.5 Å². The lowest BCUT2D eigenvalue weighted by atomic mass is 9.95. The summed E-state index contributed by atoms with van der Waals surface area (Å²) in [4.78, 5) is 16.0. The normalized spacial score (nSPS) is 19.1. The van der Waals surface area contributed by atoms with E-state index in [0.29, 0.717) is 17.8 Å². The average molecular weight is 538 g/mol. The topological polar surface area (TPSA) is 111 Å². The SMILES string of the molecule is C=CCON([C@H]1CN[C@H](CO[Si](C)(C)CC(C)(C)C)C=C1C(=C)C)S(=O)(=O)c1ccccc1[N+](=O)[O-]. The van der Waals surface area contributed by atoms with E-state index in [-0.39, 0.29) is 24.6 Å². The first-order valence-electron chi connectivity index (χ1n) is 11.9. The standard InChI is InChI=1S/C25H39N3O6SSi/c1-9-14-33-28(35(31,32)24-13-11-10-12-22(24)27(29)30)23-16-26-20(15-21(23)19(2)3)17-34-36(7,8)18-25(4,5)6/h9-13,15,20,23,26H,1-2,14,16-18H2,3-8H3/t20-,23-/m0/s1. The van der Waals surface area contributed by atoms with Gasteiger partial charge >= 0.3 is 0 Å². The number of rotatable bonds is 12. The van der Waals surface area contributed by atoms with Gasteiger partial charge in [-0.3, -0.25) is 15.0 Å². The van der Waals surface area contributed by atoms with Crippen LogP contribution < -0.4 is 5.32 Å². The maximum atomic E-state index is 13.7. The van der Waals surface area contributed by atoms with Crippen molar-refractivity contribution in [2.75, 3.05) is 19.8 Å². The predicted molar refractivity (Wildman–Crippen MR) is 144 cm³/mol. The highest BCUT2D eigenvalue weighted by atomic mass is 32.2. The van der Waals surface area contributed by atoms with Gasteiger partial charge in [0.2, 0.25) is 0 Å². The number of nitro groups is 1. The third-order valence-electron chi connectivity index (χ3n) is 5.57. The first-order chi connectivity index (χ1) is 16.6. The first-order valence-corrected chi connectivity index (χ1v) is 16.4. The summed E-state index contributed by atoms with van der Waals surface area (Å²) < 4.78 is 34.5. The second-order valence-electron chi connectivity index (χ2n) is 10.8. The van der Waals surface area contributed by atoms with E-state index in [0.717, 1.165) is 16.6 Å². The fourth-order valence-corrected chi connectivity index (χ4v) is 9.36. The Bertz CT molecular complexity index is 1110. The van der Waals surface area contributed by atoms with Crippen molar-refractivity contribution in [1.82, 2.24) is 9.79 Å². The number of benzene rings is 1. The van der Waals surface area contributed by atoms with Crippen LogP contribution >= 0.6 is 0 Å². The molecule has 0 saturated carbocycles. The van der Waals surface area contributed by atoms with Crippen LogP contribution in [0.5, 0.6) is 0 Å². The summed E-state index contributed by atoms with van der Waals surface area (Å²) in [5, 5.41) is 14.9. The molecular formula is C25H39N3O6SSi. The molecule has 0 fully saturated rings. The van der Waals surface area contributed by atoms with Gasteiger partial charge in [-0.15, -0.1) is 6.58 Å². The van der Waals surface area contributed by atoms with Crippen LogP contribution in [0.4, 0.5) is 5.69 Å². The van der Waals surface area contributed by atoms with Crippen LogP contribution in [-0.4, -0.2) is 58.0 Å². The number of sulfonamides is 1. The van der Waals surface area contributed by atoms with Gasteiger partial charge in [0.25, 0.3) is 15.7 Å². The Labute approximate surface area is 216 Å². The van der Waals surface area contributed by atoms with Gasteiger partial charge < -0.3 is 9.74 Å². The van der Waals surface area contributed by atoms with E-state index in [9.17, 15) is 18.5 Å². The number of para-hydroxylation sites is 1. The molecule has 0 saturated heterocycles. The Morgan fingerprint density at radius 2 is 1.97 bits per heavy atom. The zero-order chi connectivity index (χ0) is 27.3. The smallest absolute Gasteiger partial charge is 0.289 e. The lowest BCUT2D eigenvalue weighted by Gasteiger charge is -2.37. The second kappa shape index (κ2) is 11.9. The lowest BCUT2D eigenvalue weighted by molar-refractivity contribution is -0.387. The number of hydroxylamine groups is 1. The molecule has 1 aromatic carbocycles. The summed E-state index contributed by atoms with van der Waals surface area (Å²) in [6.45, 7) is 21.0. The molecule has 9 nitrogen and oxygen atoms in total. The van der Waals surface area contributed by atoms with E-state index in [1.54, 1.807) is 6.92 Å². The van der Waals surface area contributed by atoms with E-state index in [1.165, 1.54) is 24.3 Å². The highest BCUT2D eigenvalue weighted by Gasteiger charge is 2.40. The molecule has 1 aromatic rings. The van der Waals surface area contributed by atoms with Crippen molar-refractivity contribution in [2.24, 2.45) is 5.41 Å². The number of nitrogens with zero attached hydrogens (tertiary/aromatic N) is 2. The molecular weight excluding hydrogens is 498 g/mol. The lowest BCUT2D eigenvalue weighted by Crippen LogP contribution is -2.53. The molecule has 0 amide bonds. The Balaban J connectivity index is 2.40. The predicted octanol–water partition coefficient (Wildman–Crippen LogP) is 4.81. The number of hydrogen-bond acceptors (Lipinski definition) is 7. The Kier molecular flexibility index (Phi) is 9.96. The monoisotopic (exact) mass is 537 g/mol. The number of nitrogens with one attached hydrogen (secondary N) is 1. The average Bonchev–Trinajstić information content (AvgIpc) is 2.76. The number of nitro benzene ring substituents is 1. The van der Waals surface area contributed by atoms with E-state index in [1.807, 2.05) is 6.08 Å². The molecule has 0 aliphatic carbocycles. The van der Waals surface area contributed by atoms with Crippen LogP contribution in [0.3, 0.4) is 0 Å². The van der Waals surface area contributed by atoms with Crippen LogP contribution in [0.2, 0.25) is 19.1 Å². The Hall–Kier alpha value is -2.15. The van der Waals surface area contributed by atoms with Gasteiger partial charge in [-0.25, -0.2) is 8.42 Å². The zero-order valence-electron chi connectivity index (χ0n) is 22.1. The minimum Gasteiger partial charge on any atom is -0.415 e.